The van der Waals surface area contributed by atoms with Crippen LogP contribution in [0.2, 0.25) is 0 Å². The van der Waals surface area contributed by atoms with Gasteiger partial charge in [-0.3, -0.25) is 18.5 Å². The molecule has 9 nitrogen and oxygen atoms in total. The summed E-state index contributed by atoms with van der Waals surface area (Å²) < 4.78 is 34.8. The molecule has 1 unspecified atom stereocenters. The van der Waals surface area contributed by atoms with E-state index in [2.05, 4.69) is 16.6 Å². The van der Waals surface area contributed by atoms with Crippen LogP contribution < -0.4 is 26.6 Å². The van der Waals surface area contributed by atoms with Crippen molar-refractivity contribution in [3.8, 4) is 17.6 Å². The summed E-state index contributed by atoms with van der Waals surface area (Å²) in [5, 5.41) is 1.07. The highest BCUT2D eigenvalue weighted by atomic mass is 19.3. The van der Waals surface area contributed by atoms with Gasteiger partial charge in [-0.2, -0.15) is 13.8 Å². The largest absolute Gasteiger partial charge is 0.434 e. The van der Waals surface area contributed by atoms with Crippen LogP contribution in [0.1, 0.15) is 25.3 Å². The summed E-state index contributed by atoms with van der Waals surface area (Å²) in [4.78, 5) is 34.0. The summed E-state index contributed by atoms with van der Waals surface area (Å²) in [6.07, 6.45) is 1.80. The summed E-state index contributed by atoms with van der Waals surface area (Å²) >= 11 is 0. The molecule has 0 saturated carbocycles. The molecule has 0 aliphatic carbocycles. The second-order valence-electron chi connectivity index (χ2n) is 9.33. The molecule has 38 heavy (non-hydrogen) atoms. The molecule has 1 saturated heterocycles. The third kappa shape index (κ3) is 4.52. The first kappa shape index (κ1) is 25.5. The minimum Gasteiger partial charge on any atom is -0.434 e. The van der Waals surface area contributed by atoms with Crippen molar-refractivity contribution in [2.24, 2.45) is 12.8 Å². The number of rotatable bonds is 6. The van der Waals surface area contributed by atoms with Crippen molar-refractivity contribution in [2.45, 2.75) is 45.5 Å². The molecule has 0 amide bonds. The standard InChI is InChI=1S/C27H28F2N6O3/c1-3-4-14-34-22-23(31-26(34)33-13-7-8-18(30)16-33)32(2)27(37)35(24(22)36)15-17-11-12-21(38-25(28)29)20-10-6-5-9-19(17)20/h5-6,9-12,18,25H,7-8,13-16,30H2,1-2H3. The fraction of sp³-hybridized carbons (Fsp3) is 0.370. The van der Waals surface area contributed by atoms with Gasteiger partial charge >= 0.3 is 12.3 Å². The number of benzene rings is 2. The molecular weight excluding hydrogens is 494 g/mol. The van der Waals surface area contributed by atoms with Crippen molar-refractivity contribution in [2.75, 3.05) is 18.0 Å². The van der Waals surface area contributed by atoms with E-state index in [0.717, 1.165) is 24.0 Å². The number of alkyl halides is 2. The maximum absolute atomic E-state index is 13.9. The van der Waals surface area contributed by atoms with E-state index in [9.17, 15) is 18.4 Å². The van der Waals surface area contributed by atoms with Crippen LogP contribution >= 0.6 is 0 Å². The molecule has 0 bridgehead atoms. The van der Waals surface area contributed by atoms with E-state index in [1.807, 2.05) is 4.90 Å². The summed E-state index contributed by atoms with van der Waals surface area (Å²) in [5.41, 5.74) is 6.32. The van der Waals surface area contributed by atoms with Crippen molar-refractivity contribution in [3.05, 3.63) is 62.8 Å². The van der Waals surface area contributed by atoms with Gasteiger partial charge in [0.25, 0.3) is 5.56 Å². The summed E-state index contributed by atoms with van der Waals surface area (Å²) in [6.45, 7) is 0.227. The SMILES string of the molecule is CC#CCn1c(N2CCCC(N)C2)nc2c1c(=O)n(Cc1ccc(OC(F)F)c3ccccc13)c(=O)n2C. The van der Waals surface area contributed by atoms with Crippen LogP contribution in [0.15, 0.2) is 46.0 Å². The summed E-state index contributed by atoms with van der Waals surface area (Å²) in [5.74, 6) is 6.46. The first-order valence-corrected chi connectivity index (χ1v) is 12.4. The molecule has 0 spiro atoms. The van der Waals surface area contributed by atoms with E-state index in [1.54, 1.807) is 48.9 Å². The molecule has 1 atom stereocenters. The fourth-order valence-corrected chi connectivity index (χ4v) is 5.08. The molecule has 4 aromatic rings. The number of nitrogens with zero attached hydrogens (tertiary/aromatic N) is 5. The Morgan fingerprint density at radius 1 is 1.16 bits per heavy atom. The predicted molar refractivity (Wildman–Crippen MR) is 142 cm³/mol. The van der Waals surface area contributed by atoms with Crippen LogP contribution in [-0.2, 0) is 20.1 Å². The number of ether oxygens (including phenoxy) is 1. The van der Waals surface area contributed by atoms with Crippen LogP contribution in [-0.4, -0.2) is 44.4 Å². The normalized spacial score (nSPS) is 15.7. The maximum atomic E-state index is 13.9. The van der Waals surface area contributed by atoms with Crippen LogP contribution in [0, 0.1) is 11.8 Å². The molecule has 1 aliphatic rings. The monoisotopic (exact) mass is 522 g/mol. The number of halogens is 2. The molecule has 3 heterocycles. The average molecular weight is 523 g/mol. The summed E-state index contributed by atoms with van der Waals surface area (Å²) in [6, 6.07) is 9.89. The third-order valence-corrected chi connectivity index (χ3v) is 6.89. The van der Waals surface area contributed by atoms with Crippen LogP contribution in [0.4, 0.5) is 14.7 Å². The Morgan fingerprint density at radius 2 is 1.92 bits per heavy atom. The maximum Gasteiger partial charge on any atom is 0.387 e. The predicted octanol–water partition coefficient (Wildman–Crippen LogP) is 2.65. The number of aryl methyl sites for hydroxylation is 1. The number of hydrogen-bond donors (Lipinski definition) is 1. The molecule has 2 aromatic carbocycles. The lowest BCUT2D eigenvalue weighted by atomic mass is 10.0. The highest BCUT2D eigenvalue weighted by molar-refractivity contribution is 5.91. The van der Waals surface area contributed by atoms with Crippen LogP contribution in [0.25, 0.3) is 21.9 Å². The van der Waals surface area contributed by atoms with Gasteiger partial charge < -0.3 is 15.4 Å². The minimum absolute atomic E-state index is 0.0138. The van der Waals surface area contributed by atoms with Gasteiger partial charge in [-0.15, -0.1) is 5.92 Å². The van der Waals surface area contributed by atoms with Gasteiger partial charge in [0.2, 0.25) is 5.95 Å². The number of anilines is 1. The first-order chi connectivity index (χ1) is 18.3. The molecule has 11 heteroatoms. The Hall–Kier alpha value is -4.17. The minimum atomic E-state index is -2.98. The van der Waals surface area contributed by atoms with Gasteiger partial charge in [0, 0.05) is 31.6 Å². The van der Waals surface area contributed by atoms with E-state index < -0.39 is 17.9 Å². The van der Waals surface area contributed by atoms with Crippen LogP contribution in [0.5, 0.6) is 5.75 Å². The number of hydrogen-bond acceptors (Lipinski definition) is 6. The van der Waals surface area contributed by atoms with Crippen molar-refractivity contribution < 1.29 is 13.5 Å². The third-order valence-electron chi connectivity index (χ3n) is 6.89. The Morgan fingerprint density at radius 3 is 2.63 bits per heavy atom. The zero-order valence-electron chi connectivity index (χ0n) is 21.2. The topological polar surface area (TPSA) is 100 Å². The van der Waals surface area contributed by atoms with Crippen molar-refractivity contribution in [3.63, 3.8) is 0 Å². The zero-order valence-corrected chi connectivity index (χ0v) is 21.2. The smallest absolute Gasteiger partial charge is 0.387 e. The van der Waals surface area contributed by atoms with Gasteiger partial charge in [0.15, 0.2) is 11.2 Å². The molecule has 2 aromatic heterocycles. The van der Waals surface area contributed by atoms with E-state index in [-0.39, 0.29) is 36.0 Å². The number of nitrogens with two attached hydrogens (primary N) is 1. The lowest BCUT2D eigenvalue weighted by molar-refractivity contribution is -0.0488. The Labute approximate surface area is 217 Å². The van der Waals surface area contributed by atoms with Gasteiger partial charge in [0.1, 0.15) is 5.75 Å². The molecule has 1 aliphatic heterocycles. The molecular formula is C27H28F2N6O3. The van der Waals surface area contributed by atoms with Gasteiger partial charge in [0.05, 0.1) is 13.1 Å². The van der Waals surface area contributed by atoms with Crippen molar-refractivity contribution >= 4 is 27.9 Å². The highest BCUT2D eigenvalue weighted by Gasteiger charge is 2.26. The van der Waals surface area contributed by atoms with Crippen molar-refractivity contribution in [1.82, 2.24) is 18.7 Å². The number of imidazole rings is 1. The van der Waals surface area contributed by atoms with E-state index >= 15 is 0 Å². The molecule has 198 valence electrons. The lowest BCUT2D eigenvalue weighted by Gasteiger charge is -2.31. The highest BCUT2D eigenvalue weighted by Crippen LogP contribution is 2.30. The van der Waals surface area contributed by atoms with Gasteiger partial charge in [-0.25, -0.2) is 4.79 Å². The average Bonchev–Trinajstić information content (AvgIpc) is 3.29. The zero-order chi connectivity index (χ0) is 27.0. The number of fused-ring (bicyclic) bond motifs is 2. The molecule has 2 N–H and O–H groups in total. The quantitative estimate of drug-likeness (QED) is 0.391. The second-order valence-corrected chi connectivity index (χ2v) is 9.33. The second kappa shape index (κ2) is 10.3. The first-order valence-electron chi connectivity index (χ1n) is 12.4. The van der Waals surface area contributed by atoms with E-state index in [0.29, 0.717) is 28.8 Å². The number of piperidine rings is 1. The Kier molecular flexibility index (Phi) is 6.91. The fourth-order valence-electron chi connectivity index (χ4n) is 5.08. The van der Waals surface area contributed by atoms with Crippen molar-refractivity contribution in [1.29, 1.82) is 0 Å². The van der Waals surface area contributed by atoms with Gasteiger partial charge in [-0.1, -0.05) is 36.3 Å². The van der Waals surface area contributed by atoms with E-state index in [1.165, 1.54) is 10.6 Å². The van der Waals surface area contributed by atoms with E-state index in [4.69, 9.17) is 10.7 Å². The number of aromatic nitrogens is 4. The Balaban J connectivity index is 1.68. The summed E-state index contributed by atoms with van der Waals surface area (Å²) in [7, 11) is 1.58. The molecule has 1 fully saturated rings. The molecule has 5 rings (SSSR count). The Bertz CT molecular complexity index is 1690. The lowest BCUT2D eigenvalue weighted by Crippen LogP contribution is -2.44. The van der Waals surface area contributed by atoms with Gasteiger partial charge in [-0.05, 0) is 36.8 Å². The van der Waals surface area contributed by atoms with Crippen LogP contribution in [0.3, 0.4) is 0 Å². The molecule has 0 radical (unpaired) electrons.